The minimum atomic E-state index is -2.12. The van der Waals surface area contributed by atoms with Crippen LogP contribution in [0.4, 0.5) is 0 Å². The predicted molar refractivity (Wildman–Crippen MR) is 265 cm³/mol. The van der Waals surface area contributed by atoms with Gasteiger partial charge in [0, 0.05) is 25.4 Å². The second-order valence-corrected chi connectivity index (χ2v) is 17.6. The maximum atomic E-state index is 15.1. The smallest absolute Gasteiger partial charge is 0.331 e. The van der Waals surface area contributed by atoms with Crippen molar-refractivity contribution in [2.75, 3.05) is 39.6 Å². The van der Waals surface area contributed by atoms with Crippen LogP contribution in [0.25, 0.3) is 11.1 Å². The molecule has 0 saturated heterocycles. The van der Waals surface area contributed by atoms with Gasteiger partial charge in [-0.05, 0) is 110 Å². The Bertz CT molecular complexity index is 2040. The molecule has 0 amide bonds. The number of esters is 2. The van der Waals surface area contributed by atoms with Crippen LogP contribution in [0.2, 0.25) is 0 Å². The van der Waals surface area contributed by atoms with E-state index in [0.717, 1.165) is 46.3 Å². The van der Waals surface area contributed by atoms with Crippen LogP contribution in [-0.4, -0.2) is 75.0 Å². The highest BCUT2D eigenvalue weighted by Gasteiger charge is 2.83. The Morgan fingerprint density at radius 3 is 1.18 bits per heavy atom. The summed E-state index contributed by atoms with van der Waals surface area (Å²) in [6.07, 6.45) is 6.57. The van der Waals surface area contributed by atoms with E-state index in [2.05, 4.69) is 66.8 Å². The van der Waals surface area contributed by atoms with Crippen LogP contribution in [0.15, 0.2) is 119 Å². The zero-order chi connectivity index (χ0) is 48.8. The summed E-state index contributed by atoms with van der Waals surface area (Å²) in [6.45, 7) is 30.2. The van der Waals surface area contributed by atoms with Crippen LogP contribution < -0.4 is 0 Å². The number of carbonyl (C=O) groups is 2. The van der Waals surface area contributed by atoms with Crippen molar-refractivity contribution >= 4 is 11.9 Å². The fourth-order valence-corrected chi connectivity index (χ4v) is 10.5. The third kappa shape index (κ3) is 9.29. The number of fused-ring (bicyclic) bond motifs is 3. The van der Waals surface area contributed by atoms with E-state index in [9.17, 15) is 0 Å². The van der Waals surface area contributed by atoms with Crippen molar-refractivity contribution in [3.8, 4) is 11.1 Å². The molecule has 0 aromatic heterocycles. The zero-order valence-corrected chi connectivity index (χ0v) is 42.2. The zero-order valence-electron chi connectivity index (χ0n) is 42.2. The molecule has 0 heterocycles. The predicted octanol–water partition coefficient (Wildman–Crippen LogP) is 12.9. The highest BCUT2D eigenvalue weighted by molar-refractivity contribution is 5.89. The lowest BCUT2D eigenvalue weighted by Crippen LogP contribution is -2.78. The molecule has 4 atom stereocenters. The van der Waals surface area contributed by atoms with Gasteiger partial charge in [-0.15, -0.1) is 0 Å². The first-order valence-electron chi connectivity index (χ1n) is 25.1. The van der Waals surface area contributed by atoms with Crippen LogP contribution >= 0.6 is 0 Å². The molecule has 0 aliphatic heterocycles. The molecule has 0 saturated carbocycles. The normalized spacial score (nSPS) is 22.0. The van der Waals surface area contributed by atoms with E-state index in [4.69, 9.17) is 37.9 Å². The maximum Gasteiger partial charge on any atom is 0.331 e. The lowest BCUT2D eigenvalue weighted by Gasteiger charge is -2.62. The standard InChI is InChI=1S/C57H78O10/c1-13-27-41-39(11)49(60-33-15-3)53(64-37-19-7)56(66-47(58)21-9,51(41)62-35-17-5)55(45-31-25-23-29-43(45)44-30-24-26-32-46(44)55)57(67-48(59)22-10)52(63-36-18-6)42(28-14-2)40(12)50(61-34-16-4)54(57)65-38-20-8/h21-26,29-32,51-52H,9-10,13-20,27-28,33-38H2,1-8,11-12H3. The van der Waals surface area contributed by atoms with Crippen LogP contribution in [0, 0.1) is 0 Å². The third-order valence-electron chi connectivity index (χ3n) is 12.8. The lowest BCUT2D eigenvalue weighted by atomic mass is 9.48. The number of benzene rings is 2. The molecule has 67 heavy (non-hydrogen) atoms. The molecule has 2 aromatic carbocycles. The van der Waals surface area contributed by atoms with Crippen molar-refractivity contribution in [1.29, 1.82) is 0 Å². The number of allylic oxidation sites excluding steroid dienone is 2. The molecule has 366 valence electrons. The number of hydrogen-bond donors (Lipinski definition) is 0. The third-order valence-corrected chi connectivity index (χ3v) is 12.8. The molecule has 2 aromatic rings. The number of carbonyl (C=O) groups excluding carboxylic acids is 2. The van der Waals surface area contributed by atoms with E-state index in [-0.39, 0.29) is 37.9 Å². The minimum Gasteiger partial charge on any atom is -0.490 e. The van der Waals surface area contributed by atoms with Crippen molar-refractivity contribution in [2.45, 2.75) is 162 Å². The summed E-state index contributed by atoms with van der Waals surface area (Å²) < 4.78 is 58.4. The van der Waals surface area contributed by atoms with Gasteiger partial charge in [0.05, 0.1) is 26.4 Å². The van der Waals surface area contributed by atoms with E-state index >= 15 is 9.59 Å². The second-order valence-electron chi connectivity index (χ2n) is 17.6. The van der Waals surface area contributed by atoms with Gasteiger partial charge < -0.3 is 37.9 Å². The lowest BCUT2D eigenvalue weighted by molar-refractivity contribution is -0.237. The summed E-state index contributed by atoms with van der Waals surface area (Å²) in [7, 11) is 0. The molecule has 4 unspecified atom stereocenters. The average molecular weight is 923 g/mol. The molecule has 5 rings (SSSR count). The molecule has 0 radical (unpaired) electrons. The Labute approximate surface area is 401 Å². The monoisotopic (exact) mass is 923 g/mol. The fourth-order valence-electron chi connectivity index (χ4n) is 10.5. The first-order chi connectivity index (χ1) is 32.5. The van der Waals surface area contributed by atoms with Gasteiger partial charge in [-0.25, -0.2) is 9.59 Å². The molecule has 0 bridgehead atoms. The van der Waals surface area contributed by atoms with Crippen molar-refractivity contribution in [3.63, 3.8) is 0 Å². The highest BCUT2D eigenvalue weighted by Crippen LogP contribution is 2.70. The summed E-state index contributed by atoms with van der Waals surface area (Å²) in [5.41, 5.74) is 0.230. The number of rotatable bonds is 28. The Morgan fingerprint density at radius 2 is 0.851 bits per heavy atom. The van der Waals surface area contributed by atoms with Gasteiger partial charge in [-0.3, -0.25) is 0 Å². The van der Waals surface area contributed by atoms with E-state index in [1.165, 1.54) is 12.2 Å². The van der Waals surface area contributed by atoms with Crippen molar-refractivity contribution < 1.29 is 47.5 Å². The maximum absolute atomic E-state index is 15.1. The SMILES string of the molecule is C=CC(=O)OC1(C2(C3(OC(=O)C=C)C(OCCC)=C(OCCC)C(C)=C(CCC)C3OCCC)c3ccccc3-c3ccccc32)C(OCCC)=C(OCCC)C(C)=C(CCC)C1OCCC. The summed E-state index contributed by atoms with van der Waals surface area (Å²) in [4.78, 5) is 30.3. The molecule has 3 aliphatic rings. The highest BCUT2D eigenvalue weighted by atomic mass is 16.6. The second kappa shape index (κ2) is 24.3. The largest absolute Gasteiger partial charge is 0.490 e. The van der Waals surface area contributed by atoms with Crippen LogP contribution in [-0.2, 0) is 52.9 Å². The Balaban J connectivity index is 2.37. The fraction of sp³-hybridized carbons (Fsp3) is 0.544. The summed E-state index contributed by atoms with van der Waals surface area (Å²) in [5.74, 6) is -0.152. The molecule has 0 spiro atoms. The van der Waals surface area contributed by atoms with Gasteiger partial charge >= 0.3 is 11.9 Å². The first-order valence-corrected chi connectivity index (χ1v) is 25.1. The van der Waals surface area contributed by atoms with Gasteiger partial charge in [-0.1, -0.05) is 130 Å². The molecule has 0 fully saturated rings. The Kier molecular flexibility index (Phi) is 19.2. The Hall–Kier alpha value is -5.06. The minimum absolute atomic E-state index is 0.215. The van der Waals surface area contributed by atoms with Crippen molar-refractivity contribution in [3.05, 3.63) is 130 Å². The van der Waals surface area contributed by atoms with E-state index in [0.29, 0.717) is 87.2 Å². The topological polar surface area (TPSA) is 108 Å². The molecular formula is C57H78O10. The molecule has 10 nitrogen and oxygen atoms in total. The van der Waals surface area contributed by atoms with Crippen molar-refractivity contribution in [1.82, 2.24) is 0 Å². The molecule has 10 heteroatoms. The molecule has 3 aliphatic carbocycles. The van der Waals surface area contributed by atoms with E-state index in [1.807, 2.05) is 64.1 Å². The van der Waals surface area contributed by atoms with Gasteiger partial charge in [0.15, 0.2) is 23.0 Å². The van der Waals surface area contributed by atoms with Crippen LogP contribution in [0.5, 0.6) is 0 Å². The van der Waals surface area contributed by atoms with Gasteiger partial charge in [-0.2, -0.15) is 0 Å². The van der Waals surface area contributed by atoms with Gasteiger partial charge in [0.2, 0.25) is 11.2 Å². The summed E-state index contributed by atoms with van der Waals surface area (Å²) >= 11 is 0. The van der Waals surface area contributed by atoms with Crippen LogP contribution in [0.1, 0.15) is 145 Å². The van der Waals surface area contributed by atoms with E-state index in [1.54, 1.807) is 0 Å². The molecule has 0 N–H and O–H groups in total. The van der Waals surface area contributed by atoms with Gasteiger partial charge in [0.1, 0.15) is 17.6 Å². The number of ether oxygens (including phenoxy) is 8. The summed E-state index contributed by atoms with van der Waals surface area (Å²) in [5, 5.41) is 0. The van der Waals surface area contributed by atoms with E-state index < -0.39 is 40.8 Å². The summed E-state index contributed by atoms with van der Waals surface area (Å²) in [6, 6.07) is 16.1. The van der Waals surface area contributed by atoms with Crippen LogP contribution in [0.3, 0.4) is 0 Å². The molecular weight excluding hydrogens is 845 g/mol. The average Bonchev–Trinajstić information content (AvgIpc) is 3.65. The Morgan fingerprint density at radius 1 is 0.507 bits per heavy atom. The first kappa shape index (κ1) is 52.9. The van der Waals surface area contributed by atoms with Gasteiger partial charge in [0.25, 0.3) is 0 Å². The van der Waals surface area contributed by atoms with Crippen molar-refractivity contribution in [2.24, 2.45) is 0 Å². The number of hydrogen-bond acceptors (Lipinski definition) is 10. The quantitative estimate of drug-likeness (QED) is 0.0605.